The fraction of sp³-hybridized carbons (Fsp3) is 1.00. The van der Waals surface area contributed by atoms with Crippen LogP contribution in [0.4, 0.5) is 0 Å². The molecule has 0 aromatic heterocycles. The number of nitrogens with one attached hydrogen (secondary N) is 1. The predicted octanol–water partition coefficient (Wildman–Crippen LogP) is 2.64. The molecule has 2 aliphatic rings. The smallest absolute Gasteiger partial charge is 0.0196 e. The van der Waals surface area contributed by atoms with Crippen LogP contribution >= 0.6 is 0 Å². The lowest BCUT2D eigenvalue weighted by Gasteiger charge is -2.45. The van der Waals surface area contributed by atoms with E-state index < -0.39 is 0 Å². The summed E-state index contributed by atoms with van der Waals surface area (Å²) in [4.78, 5) is 2.77. The summed E-state index contributed by atoms with van der Waals surface area (Å²) >= 11 is 0. The third-order valence-electron chi connectivity index (χ3n) is 4.68. The highest BCUT2D eigenvalue weighted by molar-refractivity contribution is 4.88. The highest BCUT2D eigenvalue weighted by atomic mass is 15.2. The SMILES string of the molecule is CCC1CCC(N2CC(C)NCC2C)CC1. The van der Waals surface area contributed by atoms with E-state index in [2.05, 4.69) is 31.0 Å². The van der Waals surface area contributed by atoms with Crippen molar-refractivity contribution in [3.05, 3.63) is 0 Å². The van der Waals surface area contributed by atoms with Gasteiger partial charge in [0.15, 0.2) is 0 Å². The zero-order chi connectivity index (χ0) is 11.5. The van der Waals surface area contributed by atoms with Gasteiger partial charge in [-0.15, -0.1) is 0 Å². The van der Waals surface area contributed by atoms with Crippen LogP contribution in [0.1, 0.15) is 52.9 Å². The first kappa shape index (κ1) is 12.4. The van der Waals surface area contributed by atoms with E-state index >= 15 is 0 Å². The van der Waals surface area contributed by atoms with Gasteiger partial charge in [-0.05, 0) is 45.4 Å². The van der Waals surface area contributed by atoms with Gasteiger partial charge in [0.2, 0.25) is 0 Å². The molecule has 0 aromatic carbocycles. The number of piperazine rings is 1. The molecule has 1 aliphatic heterocycles. The third kappa shape index (κ3) is 2.78. The molecule has 0 radical (unpaired) electrons. The summed E-state index contributed by atoms with van der Waals surface area (Å²) in [5.41, 5.74) is 0. The first-order chi connectivity index (χ1) is 7.70. The molecule has 1 N–H and O–H groups in total. The van der Waals surface area contributed by atoms with Crippen LogP contribution in [0.25, 0.3) is 0 Å². The van der Waals surface area contributed by atoms with Crippen molar-refractivity contribution in [2.45, 2.75) is 71.0 Å². The molecule has 16 heavy (non-hydrogen) atoms. The van der Waals surface area contributed by atoms with E-state index in [1.807, 2.05) is 0 Å². The zero-order valence-electron chi connectivity index (χ0n) is 11.2. The summed E-state index contributed by atoms with van der Waals surface area (Å²) in [6, 6.07) is 2.29. The summed E-state index contributed by atoms with van der Waals surface area (Å²) in [6.07, 6.45) is 7.20. The van der Waals surface area contributed by atoms with Gasteiger partial charge in [-0.3, -0.25) is 4.90 Å². The van der Waals surface area contributed by atoms with Crippen molar-refractivity contribution < 1.29 is 0 Å². The van der Waals surface area contributed by atoms with Gasteiger partial charge in [-0.25, -0.2) is 0 Å². The van der Waals surface area contributed by atoms with E-state index in [0.717, 1.165) is 18.0 Å². The Morgan fingerprint density at radius 1 is 1.12 bits per heavy atom. The molecule has 2 heteroatoms. The quantitative estimate of drug-likeness (QED) is 0.776. The van der Waals surface area contributed by atoms with Crippen LogP contribution in [0.15, 0.2) is 0 Å². The molecule has 0 bridgehead atoms. The van der Waals surface area contributed by atoms with Crippen LogP contribution in [-0.4, -0.2) is 36.1 Å². The van der Waals surface area contributed by atoms with Crippen molar-refractivity contribution in [3.8, 4) is 0 Å². The molecule has 2 unspecified atom stereocenters. The van der Waals surface area contributed by atoms with E-state index in [1.54, 1.807) is 0 Å². The topological polar surface area (TPSA) is 15.3 Å². The van der Waals surface area contributed by atoms with Crippen LogP contribution in [0.3, 0.4) is 0 Å². The summed E-state index contributed by atoms with van der Waals surface area (Å²) in [7, 11) is 0. The van der Waals surface area contributed by atoms with Crippen molar-refractivity contribution in [2.75, 3.05) is 13.1 Å². The maximum Gasteiger partial charge on any atom is 0.0196 e. The molecule has 2 atom stereocenters. The number of nitrogens with zero attached hydrogens (tertiary/aromatic N) is 1. The van der Waals surface area contributed by atoms with Crippen molar-refractivity contribution in [1.82, 2.24) is 10.2 Å². The van der Waals surface area contributed by atoms with Gasteiger partial charge in [-0.1, -0.05) is 13.3 Å². The summed E-state index contributed by atoms with van der Waals surface area (Å²) in [5, 5.41) is 3.58. The molecule has 94 valence electrons. The largest absolute Gasteiger partial charge is 0.311 e. The molecular weight excluding hydrogens is 196 g/mol. The van der Waals surface area contributed by atoms with Crippen LogP contribution < -0.4 is 5.32 Å². The Hall–Kier alpha value is -0.0800. The highest BCUT2D eigenvalue weighted by Gasteiger charge is 2.31. The summed E-state index contributed by atoms with van der Waals surface area (Å²) in [5.74, 6) is 1.02. The summed E-state index contributed by atoms with van der Waals surface area (Å²) in [6.45, 7) is 9.47. The van der Waals surface area contributed by atoms with Gasteiger partial charge in [0.05, 0.1) is 0 Å². The average Bonchev–Trinajstić information content (AvgIpc) is 2.32. The second-order valence-electron chi connectivity index (χ2n) is 5.94. The molecule has 2 fully saturated rings. The Bertz CT molecular complexity index is 209. The lowest BCUT2D eigenvalue weighted by atomic mass is 9.83. The molecule has 2 nitrogen and oxygen atoms in total. The van der Waals surface area contributed by atoms with Gasteiger partial charge in [0.1, 0.15) is 0 Å². The van der Waals surface area contributed by atoms with E-state index in [1.165, 1.54) is 45.2 Å². The van der Waals surface area contributed by atoms with Crippen molar-refractivity contribution >= 4 is 0 Å². The Morgan fingerprint density at radius 3 is 2.44 bits per heavy atom. The minimum atomic E-state index is 0.681. The lowest BCUT2D eigenvalue weighted by molar-refractivity contribution is 0.0635. The van der Waals surface area contributed by atoms with Gasteiger partial charge in [0, 0.05) is 31.2 Å². The van der Waals surface area contributed by atoms with Crippen LogP contribution in [0.5, 0.6) is 0 Å². The molecule has 1 saturated carbocycles. The van der Waals surface area contributed by atoms with E-state index in [-0.39, 0.29) is 0 Å². The highest BCUT2D eigenvalue weighted by Crippen LogP contribution is 2.30. The predicted molar refractivity (Wildman–Crippen MR) is 69.7 cm³/mol. The van der Waals surface area contributed by atoms with Crippen molar-refractivity contribution in [1.29, 1.82) is 0 Å². The molecule has 0 amide bonds. The number of hydrogen-bond donors (Lipinski definition) is 1. The van der Waals surface area contributed by atoms with Crippen LogP contribution in [-0.2, 0) is 0 Å². The van der Waals surface area contributed by atoms with E-state index in [4.69, 9.17) is 0 Å². The van der Waals surface area contributed by atoms with Crippen molar-refractivity contribution in [3.63, 3.8) is 0 Å². The Morgan fingerprint density at radius 2 is 1.81 bits per heavy atom. The van der Waals surface area contributed by atoms with Gasteiger partial charge in [0.25, 0.3) is 0 Å². The minimum Gasteiger partial charge on any atom is -0.311 e. The molecular formula is C14H28N2. The molecule has 2 rings (SSSR count). The number of rotatable bonds is 2. The second kappa shape index (κ2) is 5.50. The molecule has 1 aliphatic carbocycles. The average molecular weight is 224 g/mol. The Labute approximate surface area is 101 Å². The molecule has 1 heterocycles. The second-order valence-corrected chi connectivity index (χ2v) is 5.94. The van der Waals surface area contributed by atoms with Gasteiger partial charge >= 0.3 is 0 Å². The van der Waals surface area contributed by atoms with Crippen molar-refractivity contribution in [2.24, 2.45) is 5.92 Å². The normalized spacial score (nSPS) is 42.2. The van der Waals surface area contributed by atoms with Gasteiger partial charge in [-0.2, -0.15) is 0 Å². The first-order valence-corrected chi connectivity index (χ1v) is 7.19. The zero-order valence-corrected chi connectivity index (χ0v) is 11.2. The first-order valence-electron chi connectivity index (χ1n) is 7.19. The molecule has 0 spiro atoms. The fourth-order valence-electron chi connectivity index (χ4n) is 3.44. The summed E-state index contributed by atoms with van der Waals surface area (Å²) < 4.78 is 0. The van der Waals surface area contributed by atoms with Crippen LogP contribution in [0, 0.1) is 5.92 Å². The Balaban J connectivity index is 1.87. The fourth-order valence-corrected chi connectivity index (χ4v) is 3.44. The minimum absolute atomic E-state index is 0.681. The maximum absolute atomic E-state index is 3.58. The monoisotopic (exact) mass is 224 g/mol. The van der Waals surface area contributed by atoms with E-state index in [0.29, 0.717) is 6.04 Å². The lowest BCUT2D eigenvalue weighted by Crippen LogP contribution is -2.58. The van der Waals surface area contributed by atoms with Crippen LogP contribution in [0.2, 0.25) is 0 Å². The third-order valence-corrected chi connectivity index (χ3v) is 4.68. The van der Waals surface area contributed by atoms with Gasteiger partial charge < -0.3 is 5.32 Å². The number of hydrogen-bond acceptors (Lipinski definition) is 2. The standard InChI is InChI=1S/C14H28N2/c1-4-13-5-7-14(8-6-13)16-10-11(2)15-9-12(16)3/h11-15H,4-10H2,1-3H3. The Kier molecular flexibility index (Phi) is 4.26. The molecule has 1 saturated heterocycles. The van der Waals surface area contributed by atoms with E-state index in [9.17, 15) is 0 Å². The maximum atomic E-state index is 3.58. The molecule has 0 aromatic rings.